The number of hydrogen-bond donors (Lipinski definition) is 1. The Morgan fingerprint density at radius 2 is 1.90 bits per heavy atom. The number of nitrogens with zero attached hydrogens (tertiary/aromatic N) is 3. The molecule has 1 aliphatic rings. The van der Waals surface area contributed by atoms with Crippen molar-refractivity contribution in [2.24, 2.45) is 0 Å². The molecule has 0 unspecified atom stereocenters. The molecule has 2 heterocycles. The Labute approximate surface area is 139 Å². The summed E-state index contributed by atoms with van der Waals surface area (Å²) in [5.74, 6) is 0.828. The molecule has 0 bridgehead atoms. The Balaban J connectivity index is 1.61. The summed E-state index contributed by atoms with van der Waals surface area (Å²) in [5.41, 5.74) is 8.60. The van der Waals surface area contributed by atoms with E-state index in [1.807, 2.05) is 11.6 Å². The average molecular weight is 396 g/mol. The fourth-order valence-electron chi connectivity index (χ4n) is 2.99. The first-order chi connectivity index (χ1) is 10.1. The third-order valence-corrected chi connectivity index (χ3v) is 5.53. The van der Waals surface area contributed by atoms with Crippen LogP contribution in [0, 0.1) is 10.5 Å². The number of anilines is 1. The van der Waals surface area contributed by atoms with Crippen LogP contribution in [0.15, 0.2) is 30.3 Å². The van der Waals surface area contributed by atoms with Gasteiger partial charge in [-0.1, -0.05) is 30.3 Å². The number of halogens is 1. The minimum absolute atomic E-state index is 0.444. The van der Waals surface area contributed by atoms with Crippen LogP contribution in [0.1, 0.15) is 30.1 Å². The summed E-state index contributed by atoms with van der Waals surface area (Å²) in [6.07, 6.45) is 2.24. The van der Waals surface area contributed by atoms with Crippen molar-refractivity contribution in [2.75, 3.05) is 18.8 Å². The molecule has 2 aromatic rings. The molecule has 112 valence electrons. The first kappa shape index (κ1) is 14.8. The lowest BCUT2D eigenvalue weighted by atomic mass is 10.0. The van der Waals surface area contributed by atoms with Crippen LogP contribution < -0.4 is 5.73 Å². The summed E-state index contributed by atoms with van der Waals surface area (Å²) < 4.78 is 3.14. The van der Waals surface area contributed by atoms with Crippen LogP contribution in [-0.4, -0.2) is 27.8 Å². The zero-order valence-electron chi connectivity index (χ0n) is 12.3. The molecular formula is C16H21IN4. The Bertz CT molecular complexity index is 600. The second-order valence-electron chi connectivity index (χ2n) is 5.72. The van der Waals surface area contributed by atoms with Crippen LogP contribution in [0.4, 0.5) is 5.82 Å². The van der Waals surface area contributed by atoms with Gasteiger partial charge in [0.25, 0.3) is 0 Å². The molecule has 0 radical (unpaired) electrons. The van der Waals surface area contributed by atoms with Gasteiger partial charge in [-0.2, -0.15) is 5.10 Å². The maximum atomic E-state index is 6.17. The molecule has 3 rings (SSSR count). The first-order valence-corrected chi connectivity index (χ1v) is 8.49. The predicted molar refractivity (Wildman–Crippen MR) is 94.1 cm³/mol. The molecule has 5 heteroatoms. The van der Waals surface area contributed by atoms with Crippen molar-refractivity contribution in [3.8, 4) is 0 Å². The lowest BCUT2D eigenvalue weighted by molar-refractivity contribution is 0.174. The Morgan fingerprint density at radius 3 is 2.48 bits per heavy atom. The summed E-state index contributed by atoms with van der Waals surface area (Å²) in [4.78, 5) is 2.52. The highest BCUT2D eigenvalue weighted by Gasteiger charge is 2.24. The van der Waals surface area contributed by atoms with E-state index in [-0.39, 0.29) is 0 Å². The van der Waals surface area contributed by atoms with Gasteiger partial charge in [-0.05, 0) is 47.9 Å². The topological polar surface area (TPSA) is 47.1 Å². The van der Waals surface area contributed by atoms with Crippen LogP contribution in [0.2, 0.25) is 0 Å². The zero-order chi connectivity index (χ0) is 14.8. The third kappa shape index (κ3) is 3.23. The van der Waals surface area contributed by atoms with Gasteiger partial charge in [0.15, 0.2) is 0 Å². The molecule has 0 saturated carbocycles. The molecule has 1 aliphatic heterocycles. The van der Waals surface area contributed by atoms with Gasteiger partial charge in [0.1, 0.15) is 5.82 Å². The number of hydrogen-bond acceptors (Lipinski definition) is 3. The maximum Gasteiger partial charge on any atom is 0.135 e. The normalized spacial score (nSPS) is 17.2. The van der Waals surface area contributed by atoms with E-state index < -0.39 is 0 Å². The largest absolute Gasteiger partial charge is 0.383 e. The van der Waals surface area contributed by atoms with Crippen molar-refractivity contribution in [3.63, 3.8) is 0 Å². The van der Waals surface area contributed by atoms with Gasteiger partial charge < -0.3 is 5.73 Å². The second-order valence-corrected chi connectivity index (χ2v) is 6.80. The van der Waals surface area contributed by atoms with Gasteiger partial charge in [0.2, 0.25) is 0 Å². The zero-order valence-corrected chi connectivity index (χ0v) is 14.5. The lowest BCUT2D eigenvalue weighted by Crippen LogP contribution is -2.34. The molecule has 1 aromatic heterocycles. The summed E-state index contributed by atoms with van der Waals surface area (Å²) in [6.45, 7) is 5.28. The van der Waals surface area contributed by atoms with Crippen LogP contribution >= 0.6 is 22.6 Å². The molecule has 0 spiro atoms. The van der Waals surface area contributed by atoms with Crippen LogP contribution in [0.3, 0.4) is 0 Å². The van der Waals surface area contributed by atoms with E-state index in [4.69, 9.17) is 5.73 Å². The van der Waals surface area contributed by atoms with E-state index in [9.17, 15) is 0 Å². The monoisotopic (exact) mass is 396 g/mol. The molecular weight excluding hydrogens is 375 g/mol. The maximum absolute atomic E-state index is 6.17. The molecule has 0 amide bonds. The summed E-state index contributed by atoms with van der Waals surface area (Å²) in [7, 11) is 0. The van der Waals surface area contributed by atoms with E-state index in [1.54, 1.807) is 0 Å². The highest BCUT2D eigenvalue weighted by Crippen LogP contribution is 2.28. The predicted octanol–water partition coefficient (Wildman–Crippen LogP) is 3.22. The van der Waals surface area contributed by atoms with Crippen molar-refractivity contribution < 1.29 is 0 Å². The minimum Gasteiger partial charge on any atom is -0.383 e. The number of aryl methyl sites for hydroxylation is 1. The highest BCUT2D eigenvalue weighted by molar-refractivity contribution is 14.1. The summed E-state index contributed by atoms with van der Waals surface area (Å²) in [6, 6.07) is 11.1. The van der Waals surface area contributed by atoms with Gasteiger partial charge in [-0.25, -0.2) is 4.68 Å². The quantitative estimate of drug-likeness (QED) is 0.811. The number of benzene rings is 1. The molecule has 21 heavy (non-hydrogen) atoms. The average Bonchev–Trinajstić information content (AvgIpc) is 2.77. The molecule has 0 aliphatic carbocycles. The number of nitrogens with two attached hydrogens (primary N) is 1. The number of nitrogen functional groups attached to an aromatic ring is 1. The van der Waals surface area contributed by atoms with E-state index in [1.165, 1.54) is 5.56 Å². The Morgan fingerprint density at radius 1 is 1.24 bits per heavy atom. The molecule has 1 aromatic carbocycles. The Kier molecular flexibility index (Phi) is 4.49. The van der Waals surface area contributed by atoms with Crippen molar-refractivity contribution in [1.82, 2.24) is 14.7 Å². The minimum atomic E-state index is 0.444. The van der Waals surface area contributed by atoms with Gasteiger partial charge in [0.05, 0.1) is 15.3 Å². The van der Waals surface area contributed by atoms with Crippen LogP contribution in [-0.2, 0) is 6.54 Å². The second kappa shape index (κ2) is 6.36. The van der Waals surface area contributed by atoms with Crippen molar-refractivity contribution in [1.29, 1.82) is 0 Å². The van der Waals surface area contributed by atoms with Crippen molar-refractivity contribution >= 4 is 28.4 Å². The fourth-order valence-corrected chi connectivity index (χ4v) is 3.34. The van der Waals surface area contributed by atoms with E-state index >= 15 is 0 Å². The number of likely N-dealkylation sites (tertiary alicyclic amines) is 1. The first-order valence-electron chi connectivity index (χ1n) is 7.41. The highest BCUT2D eigenvalue weighted by atomic mass is 127. The van der Waals surface area contributed by atoms with Gasteiger partial charge in [0, 0.05) is 19.6 Å². The van der Waals surface area contributed by atoms with E-state index in [2.05, 4.69) is 62.9 Å². The van der Waals surface area contributed by atoms with E-state index in [0.29, 0.717) is 6.04 Å². The number of aromatic nitrogens is 2. The molecule has 1 fully saturated rings. The molecule has 1 saturated heterocycles. The standard InChI is InChI=1S/C16H21IN4/c1-12-15(17)16(18)21(19-12)14-7-9-20(10-8-14)11-13-5-3-2-4-6-13/h2-6,14H,7-11,18H2,1H3. The SMILES string of the molecule is Cc1nn(C2CCN(Cc3ccccc3)CC2)c(N)c1I. The van der Waals surface area contributed by atoms with E-state index in [0.717, 1.165) is 47.6 Å². The molecule has 2 N–H and O–H groups in total. The smallest absolute Gasteiger partial charge is 0.135 e. The molecule has 4 nitrogen and oxygen atoms in total. The number of rotatable bonds is 3. The third-order valence-electron chi connectivity index (χ3n) is 4.20. The fraction of sp³-hybridized carbons (Fsp3) is 0.438. The van der Waals surface area contributed by atoms with Crippen molar-refractivity contribution in [3.05, 3.63) is 45.2 Å². The van der Waals surface area contributed by atoms with Crippen LogP contribution in [0.25, 0.3) is 0 Å². The summed E-state index contributed by atoms with van der Waals surface area (Å²) in [5, 5.41) is 4.61. The van der Waals surface area contributed by atoms with Crippen LogP contribution in [0.5, 0.6) is 0 Å². The summed E-state index contributed by atoms with van der Waals surface area (Å²) >= 11 is 2.29. The lowest BCUT2D eigenvalue weighted by Gasteiger charge is -2.32. The van der Waals surface area contributed by atoms with Gasteiger partial charge >= 0.3 is 0 Å². The number of piperidine rings is 1. The molecule has 0 atom stereocenters. The van der Waals surface area contributed by atoms with Crippen molar-refractivity contribution in [2.45, 2.75) is 32.4 Å². The van der Waals surface area contributed by atoms with Gasteiger partial charge in [-0.15, -0.1) is 0 Å². The Hall–Kier alpha value is -1.08. The van der Waals surface area contributed by atoms with Gasteiger partial charge in [-0.3, -0.25) is 4.90 Å².